The van der Waals surface area contributed by atoms with E-state index >= 15 is 0 Å². The molecule has 0 saturated carbocycles. The summed E-state index contributed by atoms with van der Waals surface area (Å²) in [6.45, 7) is 2.41. The number of anilines is 1. The molecule has 2 N–H and O–H groups in total. The van der Waals surface area contributed by atoms with Crippen LogP contribution in [0.2, 0.25) is 0 Å². The van der Waals surface area contributed by atoms with Crippen molar-refractivity contribution in [3.8, 4) is 17.0 Å². The Morgan fingerprint density at radius 1 is 1.06 bits per heavy atom. The van der Waals surface area contributed by atoms with Crippen molar-refractivity contribution in [1.82, 2.24) is 15.0 Å². The van der Waals surface area contributed by atoms with Crippen molar-refractivity contribution in [2.24, 2.45) is 0 Å². The zero-order chi connectivity index (χ0) is 22.3. The number of nitrogens with zero attached hydrogens (tertiary/aromatic N) is 2. The number of nitrogens with one attached hydrogen (secondary N) is 2. The van der Waals surface area contributed by atoms with Crippen LogP contribution in [0.1, 0.15) is 28.7 Å². The highest BCUT2D eigenvalue weighted by molar-refractivity contribution is 6.04. The largest absolute Gasteiger partial charge is 0.489 e. The van der Waals surface area contributed by atoms with Gasteiger partial charge in [-0.25, -0.2) is 9.97 Å². The van der Waals surface area contributed by atoms with E-state index in [1.807, 2.05) is 37.3 Å². The molecule has 0 atom stereocenters. The van der Waals surface area contributed by atoms with Crippen molar-refractivity contribution in [3.63, 3.8) is 0 Å². The minimum absolute atomic E-state index is 0.147. The number of carbonyl (C=O) groups excluding carboxylic acids is 1. The SMILES string of the molecule is CCc1nccc(-c2c[nH]c(=O)c(NC(=O)c3ccc(OCc4ccccc4)cc3)c2)n1. The summed E-state index contributed by atoms with van der Waals surface area (Å²) in [6.07, 6.45) is 3.94. The Bertz CT molecular complexity index is 1270. The van der Waals surface area contributed by atoms with Gasteiger partial charge in [-0.2, -0.15) is 0 Å². The van der Waals surface area contributed by atoms with Crippen LogP contribution in [-0.2, 0) is 13.0 Å². The zero-order valence-corrected chi connectivity index (χ0v) is 17.5. The molecule has 4 aromatic rings. The first kappa shape index (κ1) is 21.0. The minimum Gasteiger partial charge on any atom is -0.489 e. The van der Waals surface area contributed by atoms with E-state index in [4.69, 9.17) is 4.74 Å². The number of rotatable bonds is 7. The molecule has 0 fully saturated rings. The molecule has 0 radical (unpaired) electrons. The molecular formula is C25H22N4O3. The number of pyridine rings is 1. The molecule has 160 valence electrons. The van der Waals surface area contributed by atoms with E-state index in [1.54, 1.807) is 48.8 Å². The molecule has 0 saturated heterocycles. The van der Waals surface area contributed by atoms with Gasteiger partial charge in [0.2, 0.25) is 0 Å². The van der Waals surface area contributed by atoms with E-state index in [2.05, 4.69) is 20.3 Å². The minimum atomic E-state index is -0.394. The van der Waals surface area contributed by atoms with Gasteiger partial charge in [0.05, 0.1) is 5.69 Å². The number of amides is 1. The van der Waals surface area contributed by atoms with Gasteiger partial charge in [-0.15, -0.1) is 0 Å². The molecule has 0 aliphatic carbocycles. The van der Waals surface area contributed by atoms with Crippen LogP contribution < -0.4 is 15.6 Å². The molecule has 4 rings (SSSR count). The van der Waals surface area contributed by atoms with Crippen LogP contribution in [0.3, 0.4) is 0 Å². The Hall–Kier alpha value is -4.26. The van der Waals surface area contributed by atoms with E-state index in [1.165, 1.54) is 0 Å². The number of hydrogen-bond acceptors (Lipinski definition) is 5. The van der Waals surface area contributed by atoms with Gasteiger partial charge >= 0.3 is 0 Å². The Balaban J connectivity index is 1.45. The molecule has 0 bridgehead atoms. The van der Waals surface area contributed by atoms with Crippen molar-refractivity contribution in [2.45, 2.75) is 20.0 Å². The first-order valence-electron chi connectivity index (χ1n) is 10.3. The summed E-state index contributed by atoms with van der Waals surface area (Å²) in [6, 6.07) is 20.0. The van der Waals surface area contributed by atoms with E-state index in [0.29, 0.717) is 41.4 Å². The Morgan fingerprint density at radius 3 is 2.59 bits per heavy atom. The fourth-order valence-electron chi connectivity index (χ4n) is 3.09. The average Bonchev–Trinajstić information content (AvgIpc) is 2.85. The summed E-state index contributed by atoms with van der Waals surface area (Å²) in [7, 11) is 0. The van der Waals surface area contributed by atoms with Gasteiger partial charge in [0, 0.05) is 29.9 Å². The topological polar surface area (TPSA) is 97.0 Å². The van der Waals surface area contributed by atoms with Crippen molar-refractivity contribution >= 4 is 11.6 Å². The molecule has 0 spiro atoms. The lowest BCUT2D eigenvalue weighted by atomic mass is 10.1. The number of aromatic amines is 1. The molecule has 7 nitrogen and oxygen atoms in total. The number of aryl methyl sites for hydroxylation is 1. The van der Waals surface area contributed by atoms with Gasteiger partial charge in [0.25, 0.3) is 11.5 Å². The summed E-state index contributed by atoms with van der Waals surface area (Å²) in [5.41, 5.74) is 2.58. The Labute approximate surface area is 185 Å². The lowest BCUT2D eigenvalue weighted by Gasteiger charge is -2.09. The van der Waals surface area contributed by atoms with E-state index in [0.717, 1.165) is 5.56 Å². The van der Waals surface area contributed by atoms with Crippen molar-refractivity contribution in [2.75, 3.05) is 5.32 Å². The predicted molar refractivity (Wildman–Crippen MR) is 123 cm³/mol. The molecule has 7 heteroatoms. The highest BCUT2D eigenvalue weighted by Gasteiger charge is 2.11. The molecule has 0 aliphatic rings. The van der Waals surface area contributed by atoms with Crippen LogP contribution in [0.15, 0.2) is 83.9 Å². The first-order chi connectivity index (χ1) is 15.6. The van der Waals surface area contributed by atoms with Crippen LogP contribution in [0.4, 0.5) is 5.69 Å². The maximum atomic E-state index is 12.7. The van der Waals surface area contributed by atoms with Crippen LogP contribution in [0.5, 0.6) is 5.75 Å². The third-order valence-electron chi connectivity index (χ3n) is 4.83. The second-order valence-corrected chi connectivity index (χ2v) is 7.10. The average molecular weight is 426 g/mol. The molecule has 0 unspecified atom stereocenters. The standard InChI is InChI=1S/C25H22N4O3/c1-2-23-26-13-12-21(28-23)19-14-22(25(31)27-15-19)29-24(30)18-8-10-20(11-9-18)32-16-17-6-4-3-5-7-17/h3-15H,2,16H2,1H3,(H,27,31)(H,29,30). The highest BCUT2D eigenvalue weighted by Crippen LogP contribution is 2.19. The maximum Gasteiger partial charge on any atom is 0.271 e. The summed E-state index contributed by atoms with van der Waals surface area (Å²) >= 11 is 0. The predicted octanol–water partition coefficient (Wildman–Crippen LogP) is 4.23. The summed E-state index contributed by atoms with van der Waals surface area (Å²) in [4.78, 5) is 36.2. The quantitative estimate of drug-likeness (QED) is 0.461. The fraction of sp³-hybridized carbons (Fsp3) is 0.120. The van der Waals surface area contributed by atoms with Gasteiger partial charge in [-0.3, -0.25) is 9.59 Å². The number of benzene rings is 2. The molecule has 32 heavy (non-hydrogen) atoms. The molecule has 0 aliphatic heterocycles. The van der Waals surface area contributed by atoms with Crippen molar-refractivity contribution in [3.05, 3.63) is 106 Å². The van der Waals surface area contributed by atoms with Gasteiger partial charge < -0.3 is 15.0 Å². The summed E-state index contributed by atoms with van der Waals surface area (Å²) in [5, 5.41) is 2.68. The van der Waals surface area contributed by atoms with Crippen molar-refractivity contribution in [1.29, 1.82) is 0 Å². The molecule has 2 aromatic heterocycles. The number of H-pyrrole nitrogens is 1. The Kier molecular flexibility index (Phi) is 6.36. The van der Waals surface area contributed by atoms with Crippen LogP contribution >= 0.6 is 0 Å². The maximum absolute atomic E-state index is 12.7. The number of carbonyl (C=O) groups is 1. The molecule has 2 aromatic carbocycles. The van der Waals surface area contributed by atoms with Crippen LogP contribution in [0, 0.1) is 0 Å². The second-order valence-electron chi connectivity index (χ2n) is 7.10. The highest BCUT2D eigenvalue weighted by atomic mass is 16.5. The van der Waals surface area contributed by atoms with Gasteiger partial charge in [0.1, 0.15) is 23.9 Å². The lowest BCUT2D eigenvalue weighted by Crippen LogP contribution is -2.19. The van der Waals surface area contributed by atoms with E-state index in [9.17, 15) is 9.59 Å². The number of ether oxygens (including phenoxy) is 1. The normalized spacial score (nSPS) is 10.5. The molecule has 2 heterocycles. The first-order valence-corrected chi connectivity index (χ1v) is 10.3. The Morgan fingerprint density at radius 2 is 1.84 bits per heavy atom. The van der Waals surface area contributed by atoms with Gasteiger partial charge in [-0.05, 0) is 42.0 Å². The second kappa shape index (κ2) is 9.70. The molecular weight excluding hydrogens is 404 g/mol. The third kappa shape index (κ3) is 5.07. The van der Waals surface area contributed by atoms with Gasteiger partial charge in [0.15, 0.2) is 0 Å². The summed E-state index contributed by atoms with van der Waals surface area (Å²) < 4.78 is 5.75. The van der Waals surface area contributed by atoms with Crippen LogP contribution in [0.25, 0.3) is 11.3 Å². The van der Waals surface area contributed by atoms with E-state index < -0.39 is 5.56 Å². The molecule has 1 amide bonds. The van der Waals surface area contributed by atoms with E-state index in [-0.39, 0.29) is 11.6 Å². The zero-order valence-electron chi connectivity index (χ0n) is 17.5. The monoisotopic (exact) mass is 426 g/mol. The summed E-state index contributed by atoms with van der Waals surface area (Å²) in [5.74, 6) is 0.966. The van der Waals surface area contributed by atoms with Gasteiger partial charge in [-0.1, -0.05) is 37.3 Å². The van der Waals surface area contributed by atoms with Crippen LogP contribution in [-0.4, -0.2) is 20.9 Å². The smallest absolute Gasteiger partial charge is 0.271 e. The number of aromatic nitrogens is 3. The lowest BCUT2D eigenvalue weighted by molar-refractivity contribution is 0.102. The number of hydrogen-bond donors (Lipinski definition) is 2. The third-order valence-corrected chi connectivity index (χ3v) is 4.83. The van der Waals surface area contributed by atoms with Crippen molar-refractivity contribution < 1.29 is 9.53 Å². The fourth-order valence-corrected chi connectivity index (χ4v) is 3.09.